The van der Waals surface area contributed by atoms with Gasteiger partial charge in [-0.1, -0.05) is 29.3 Å². The number of esters is 1. The number of aryl methyl sites for hydroxylation is 2. The summed E-state index contributed by atoms with van der Waals surface area (Å²) in [5.41, 5.74) is 1.92. The van der Waals surface area contributed by atoms with Gasteiger partial charge in [0.15, 0.2) is 6.61 Å². The van der Waals surface area contributed by atoms with Gasteiger partial charge in [0.05, 0.1) is 15.7 Å². The van der Waals surface area contributed by atoms with Gasteiger partial charge in [0, 0.05) is 0 Å². The van der Waals surface area contributed by atoms with E-state index in [1.54, 1.807) is 31.4 Å². The molecule has 0 radical (unpaired) electrons. The molecule has 0 aliphatic heterocycles. The molecule has 1 heterocycles. The van der Waals surface area contributed by atoms with Gasteiger partial charge >= 0.3 is 5.97 Å². The highest BCUT2D eigenvalue weighted by molar-refractivity contribution is 7.12. The second-order valence-corrected chi connectivity index (χ2v) is 6.31. The van der Waals surface area contributed by atoms with Crippen LogP contribution in [0.15, 0.2) is 23.6 Å². The Labute approximate surface area is 142 Å². The molecule has 0 bridgehead atoms. The van der Waals surface area contributed by atoms with Crippen LogP contribution in [0.4, 0.5) is 5.69 Å². The van der Waals surface area contributed by atoms with Crippen molar-refractivity contribution in [3.63, 3.8) is 0 Å². The molecule has 7 heteroatoms. The van der Waals surface area contributed by atoms with Crippen LogP contribution in [0.3, 0.4) is 0 Å². The fraction of sp³-hybridized carbons (Fsp3) is 0.200. The number of benzene rings is 1. The van der Waals surface area contributed by atoms with E-state index in [-0.39, 0.29) is 0 Å². The second-order valence-electron chi connectivity index (χ2n) is 4.61. The summed E-state index contributed by atoms with van der Waals surface area (Å²) in [5, 5.41) is 5.03. The van der Waals surface area contributed by atoms with Crippen LogP contribution in [0.25, 0.3) is 0 Å². The number of nitrogens with one attached hydrogen (secondary N) is 1. The summed E-state index contributed by atoms with van der Waals surface area (Å²) in [6, 6.07) is 5.20. The second kappa shape index (κ2) is 7.13. The SMILES string of the molecule is Cc1ccsc1C(=O)OCC(=O)Nc1c(Cl)ccc(C)c1Cl. The Balaban J connectivity index is 1.98. The Hall–Kier alpha value is -1.56. The minimum absolute atomic E-state index is 0.316. The molecule has 0 unspecified atom stereocenters. The van der Waals surface area contributed by atoms with E-state index < -0.39 is 18.5 Å². The van der Waals surface area contributed by atoms with Crippen LogP contribution in [0.1, 0.15) is 20.8 Å². The van der Waals surface area contributed by atoms with E-state index in [1.807, 2.05) is 6.07 Å². The van der Waals surface area contributed by atoms with Crippen LogP contribution in [0, 0.1) is 13.8 Å². The topological polar surface area (TPSA) is 55.4 Å². The van der Waals surface area contributed by atoms with Crippen LogP contribution >= 0.6 is 34.5 Å². The smallest absolute Gasteiger partial charge is 0.349 e. The van der Waals surface area contributed by atoms with Crippen molar-refractivity contribution in [2.45, 2.75) is 13.8 Å². The van der Waals surface area contributed by atoms with Gasteiger partial charge in [-0.3, -0.25) is 4.79 Å². The lowest BCUT2D eigenvalue weighted by atomic mass is 10.2. The number of amides is 1. The van der Waals surface area contributed by atoms with Crippen LogP contribution in [0.5, 0.6) is 0 Å². The van der Waals surface area contributed by atoms with Crippen molar-refractivity contribution in [1.82, 2.24) is 0 Å². The fourth-order valence-electron chi connectivity index (χ4n) is 1.73. The highest BCUT2D eigenvalue weighted by Gasteiger charge is 2.16. The molecule has 22 heavy (non-hydrogen) atoms. The zero-order chi connectivity index (χ0) is 16.3. The molecule has 2 aromatic rings. The first-order chi connectivity index (χ1) is 10.4. The fourth-order valence-corrected chi connectivity index (χ4v) is 3.01. The number of ether oxygens (including phenoxy) is 1. The molecule has 0 fully saturated rings. The highest BCUT2D eigenvalue weighted by atomic mass is 35.5. The number of rotatable bonds is 4. The summed E-state index contributed by atoms with van der Waals surface area (Å²) < 4.78 is 4.98. The number of hydrogen-bond donors (Lipinski definition) is 1. The third-order valence-electron chi connectivity index (χ3n) is 2.93. The zero-order valence-electron chi connectivity index (χ0n) is 11.9. The van der Waals surface area contributed by atoms with Gasteiger partial charge in [-0.05, 0) is 42.5 Å². The van der Waals surface area contributed by atoms with Crippen LogP contribution < -0.4 is 5.32 Å². The van der Waals surface area contributed by atoms with Crippen molar-refractivity contribution >= 4 is 52.1 Å². The van der Waals surface area contributed by atoms with Crippen molar-refractivity contribution in [2.24, 2.45) is 0 Å². The molecule has 0 aliphatic rings. The van der Waals surface area contributed by atoms with E-state index in [0.717, 1.165) is 11.1 Å². The molecular weight excluding hydrogens is 345 g/mol. The molecule has 116 valence electrons. The Morgan fingerprint density at radius 2 is 1.91 bits per heavy atom. The maximum atomic E-state index is 11.9. The molecule has 0 aliphatic carbocycles. The molecule has 0 atom stereocenters. The van der Waals surface area contributed by atoms with Gasteiger partial charge < -0.3 is 10.1 Å². The molecule has 1 aromatic carbocycles. The lowest BCUT2D eigenvalue weighted by Gasteiger charge is -2.11. The molecule has 1 amide bonds. The van der Waals surface area contributed by atoms with Crippen molar-refractivity contribution in [2.75, 3.05) is 11.9 Å². The molecule has 1 N–H and O–H groups in total. The van der Waals surface area contributed by atoms with E-state index in [1.165, 1.54) is 11.3 Å². The molecule has 1 aromatic heterocycles. The molecule has 0 saturated heterocycles. The highest BCUT2D eigenvalue weighted by Crippen LogP contribution is 2.32. The monoisotopic (exact) mass is 357 g/mol. The van der Waals surface area contributed by atoms with E-state index in [0.29, 0.717) is 20.6 Å². The van der Waals surface area contributed by atoms with Crippen molar-refractivity contribution in [3.05, 3.63) is 49.6 Å². The van der Waals surface area contributed by atoms with Gasteiger partial charge in [0.25, 0.3) is 5.91 Å². The standard InChI is InChI=1S/C15H13Cl2NO3S/c1-8-3-4-10(16)13(12(8)17)18-11(19)7-21-15(20)14-9(2)5-6-22-14/h3-6H,7H2,1-2H3,(H,18,19). The minimum atomic E-state index is -0.524. The Kier molecular flexibility index (Phi) is 5.45. The van der Waals surface area contributed by atoms with Crippen LogP contribution in [-0.4, -0.2) is 18.5 Å². The predicted octanol–water partition coefficient (Wildman–Crippen LogP) is 4.47. The van der Waals surface area contributed by atoms with E-state index in [4.69, 9.17) is 27.9 Å². The van der Waals surface area contributed by atoms with Gasteiger partial charge in [0.2, 0.25) is 0 Å². The first-order valence-corrected chi connectivity index (χ1v) is 7.99. The van der Waals surface area contributed by atoms with Gasteiger partial charge in [-0.25, -0.2) is 4.79 Å². The maximum absolute atomic E-state index is 11.9. The zero-order valence-corrected chi connectivity index (χ0v) is 14.2. The summed E-state index contributed by atoms with van der Waals surface area (Å²) in [7, 11) is 0. The normalized spacial score (nSPS) is 10.4. The largest absolute Gasteiger partial charge is 0.451 e. The van der Waals surface area contributed by atoms with E-state index in [2.05, 4.69) is 5.32 Å². The van der Waals surface area contributed by atoms with Crippen molar-refractivity contribution in [3.8, 4) is 0 Å². The maximum Gasteiger partial charge on any atom is 0.349 e. The Morgan fingerprint density at radius 3 is 2.55 bits per heavy atom. The summed E-state index contributed by atoms with van der Waals surface area (Å²) in [4.78, 5) is 24.2. The Bertz CT molecular complexity index is 728. The number of carbonyl (C=O) groups excluding carboxylic acids is 2. The molecule has 4 nitrogen and oxygen atoms in total. The van der Waals surface area contributed by atoms with Crippen molar-refractivity contribution < 1.29 is 14.3 Å². The quantitative estimate of drug-likeness (QED) is 0.821. The van der Waals surface area contributed by atoms with Crippen LogP contribution in [-0.2, 0) is 9.53 Å². The summed E-state index contributed by atoms with van der Waals surface area (Å²) in [6.45, 7) is 3.20. The molecule has 0 spiro atoms. The lowest BCUT2D eigenvalue weighted by molar-refractivity contribution is -0.119. The van der Waals surface area contributed by atoms with Crippen LogP contribution in [0.2, 0.25) is 10.0 Å². The number of anilines is 1. The number of thiophene rings is 1. The number of hydrogen-bond acceptors (Lipinski definition) is 4. The lowest BCUT2D eigenvalue weighted by Crippen LogP contribution is -2.21. The first kappa shape index (κ1) is 16.8. The summed E-state index contributed by atoms with van der Waals surface area (Å²) in [6.07, 6.45) is 0. The van der Waals surface area contributed by atoms with E-state index >= 15 is 0 Å². The average Bonchev–Trinajstić information content (AvgIpc) is 2.91. The van der Waals surface area contributed by atoms with Gasteiger partial charge in [0.1, 0.15) is 4.88 Å². The molecule has 0 saturated carbocycles. The molecular formula is C15H13Cl2NO3S. The van der Waals surface area contributed by atoms with Crippen molar-refractivity contribution in [1.29, 1.82) is 0 Å². The third kappa shape index (κ3) is 3.80. The average molecular weight is 358 g/mol. The first-order valence-electron chi connectivity index (χ1n) is 6.36. The molecule has 2 rings (SSSR count). The van der Waals surface area contributed by atoms with E-state index in [9.17, 15) is 9.59 Å². The summed E-state index contributed by atoms with van der Waals surface area (Å²) in [5.74, 6) is -1.03. The summed E-state index contributed by atoms with van der Waals surface area (Å²) >= 11 is 13.4. The minimum Gasteiger partial charge on any atom is -0.451 e. The Morgan fingerprint density at radius 1 is 1.18 bits per heavy atom. The van der Waals surface area contributed by atoms with Gasteiger partial charge in [-0.2, -0.15) is 0 Å². The third-order valence-corrected chi connectivity index (χ3v) is 4.73. The van der Waals surface area contributed by atoms with Gasteiger partial charge in [-0.15, -0.1) is 11.3 Å². The predicted molar refractivity (Wildman–Crippen MR) is 89.2 cm³/mol. The number of carbonyl (C=O) groups is 2. The number of halogens is 2.